The monoisotopic (exact) mass is 361 g/mol. The summed E-state index contributed by atoms with van der Waals surface area (Å²) in [7, 11) is 0. The number of hydrogen-bond acceptors (Lipinski definition) is 1. The molecule has 0 aliphatic heterocycles. The first kappa shape index (κ1) is 18.8. The maximum atomic E-state index is 12.9. The largest absolute Gasteiger partial charge is 0.416 e. The molecule has 0 aliphatic rings. The van der Waals surface area contributed by atoms with E-state index in [-0.39, 0.29) is 6.07 Å². The molecule has 2 aromatic carbocycles. The SMILES string of the molecule is Cc1cccc(C)c1NC(=O)c1cc(C(F)(F)F)cc(C(F)(F)F)c1. The molecule has 0 aromatic heterocycles. The van der Waals surface area contributed by atoms with Crippen LogP contribution in [0.4, 0.5) is 32.0 Å². The van der Waals surface area contributed by atoms with E-state index in [0.717, 1.165) is 0 Å². The van der Waals surface area contributed by atoms with Crippen LogP contribution in [0.25, 0.3) is 0 Å². The Labute approximate surface area is 139 Å². The summed E-state index contributed by atoms with van der Waals surface area (Å²) in [5, 5.41) is 2.38. The fourth-order valence-electron chi connectivity index (χ4n) is 2.28. The number of aryl methyl sites for hydroxylation is 2. The number of alkyl halides is 6. The Morgan fingerprint density at radius 1 is 0.840 bits per heavy atom. The van der Waals surface area contributed by atoms with Crippen molar-refractivity contribution >= 4 is 11.6 Å². The number of benzene rings is 2. The standard InChI is InChI=1S/C17H13F6NO/c1-9-4-3-5-10(2)14(9)24-15(25)11-6-12(16(18,19)20)8-13(7-11)17(21,22)23/h3-8H,1-2H3,(H,24,25). The van der Waals surface area contributed by atoms with Crippen LogP contribution in [-0.2, 0) is 12.4 Å². The van der Waals surface area contributed by atoms with Crippen molar-refractivity contribution in [2.45, 2.75) is 26.2 Å². The Morgan fingerprint density at radius 2 is 1.28 bits per heavy atom. The molecule has 0 heterocycles. The van der Waals surface area contributed by atoms with Crippen molar-refractivity contribution in [2.75, 3.05) is 5.32 Å². The minimum Gasteiger partial charge on any atom is -0.322 e. The fraction of sp³-hybridized carbons (Fsp3) is 0.235. The van der Waals surface area contributed by atoms with Gasteiger partial charge in [-0.1, -0.05) is 18.2 Å². The van der Waals surface area contributed by atoms with E-state index < -0.39 is 35.0 Å². The summed E-state index contributed by atoms with van der Waals surface area (Å²) in [6.45, 7) is 3.33. The maximum absolute atomic E-state index is 12.9. The van der Waals surface area contributed by atoms with Crippen LogP contribution in [0.3, 0.4) is 0 Å². The summed E-state index contributed by atoms with van der Waals surface area (Å²) in [5.41, 5.74) is -2.17. The lowest BCUT2D eigenvalue weighted by Crippen LogP contribution is -2.18. The second-order valence-electron chi connectivity index (χ2n) is 5.52. The van der Waals surface area contributed by atoms with Gasteiger partial charge in [0.05, 0.1) is 11.1 Å². The summed E-state index contributed by atoms with van der Waals surface area (Å²) < 4.78 is 77.1. The van der Waals surface area contributed by atoms with Crippen molar-refractivity contribution in [3.8, 4) is 0 Å². The Morgan fingerprint density at radius 3 is 1.68 bits per heavy atom. The first-order valence-electron chi connectivity index (χ1n) is 7.06. The van der Waals surface area contributed by atoms with Crippen molar-refractivity contribution in [2.24, 2.45) is 0 Å². The van der Waals surface area contributed by atoms with Gasteiger partial charge in [0.1, 0.15) is 0 Å². The third-order valence-corrected chi connectivity index (χ3v) is 3.57. The number of rotatable bonds is 2. The van der Waals surface area contributed by atoms with Crippen LogP contribution in [0.1, 0.15) is 32.6 Å². The lowest BCUT2D eigenvalue weighted by atomic mass is 10.0. The van der Waals surface area contributed by atoms with Gasteiger partial charge >= 0.3 is 12.4 Å². The van der Waals surface area contributed by atoms with Gasteiger partial charge < -0.3 is 5.32 Å². The lowest BCUT2D eigenvalue weighted by Gasteiger charge is -2.15. The maximum Gasteiger partial charge on any atom is 0.416 e. The van der Waals surface area contributed by atoms with E-state index in [0.29, 0.717) is 28.9 Å². The van der Waals surface area contributed by atoms with Gasteiger partial charge in [0.25, 0.3) is 5.91 Å². The summed E-state index contributed by atoms with van der Waals surface area (Å²) >= 11 is 0. The third-order valence-electron chi connectivity index (χ3n) is 3.57. The third kappa shape index (κ3) is 4.32. The fourth-order valence-corrected chi connectivity index (χ4v) is 2.28. The van der Waals surface area contributed by atoms with Gasteiger partial charge in [-0.15, -0.1) is 0 Å². The van der Waals surface area contributed by atoms with Crippen molar-refractivity contribution in [1.29, 1.82) is 0 Å². The minimum absolute atomic E-state index is 0.0181. The molecule has 0 radical (unpaired) electrons. The Kier molecular flexibility index (Phi) is 4.83. The zero-order valence-corrected chi connectivity index (χ0v) is 13.1. The molecule has 2 nitrogen and oxygen atoms in total. The normalized spacial score (nSPS) is 12.2. The number of nitrogens with one attached hydrogen (secondary N) is 1. The van der Waals surface area contributed by atoms with Crippen LogP contribution >= 0.6 is 0 Å². The zero-order valence-electron chi connectivity index (χ0n) is 13.1. The van der Waals surface area contributed by atoms with Crippen LogP contribution in [0.15, 0.2) is 36.4 Å². The molecule has 0 aliphatic carbocycles. The average molecular weight is 361 g/mol. The van der Waals surface area contributed by atoms with Crippen LogP contribution in [0.2, 0.25) is 0 Å². The number of anilines is 1. The van der Waals surface area contributed by atoms with Crippen LogP contribution < -0.4 is 5.32 Å². The topological polar surface area (TPSA) is 29.1 Å². The van der Waals surface area contributed by atoms with Gasteiger partial charge in [-0.3, -0.25) is 4.79 Å². The highest BCUT2D eigenvalue weighted by atomic mass is 19.4. The lowest BCUT2D eigenvalue weighted by molar-refractivity contribution is -0.143. The highest BCUT2D eigenvalue weighted by Crippen LogP contribution is 2.36. The van der Waals surface area contributed by atoms with Gasteiger partial charge in [0.15, 0.2) is 0 Å². The van der Waals surface area contributed by atoms with Gasteiger partial charge in [-0.2, -0.15) is 26.3 Å². The molecule has 1 N–H and O–H groups in total. The van der Waals surface area contributed by atoms with Gasteiger partial charge in [-0.25, -0.2) is 0 Å². The molecule has 0 fully saturated rings. The average Bonchev–Trinajstić information content (AvgIpc) is 2.48. The predicted octanol–water partition coefficient (Wildman–Crippen LogP) is 5.59. The quantitative estimate of drug-likeness (QED) is 0.694. The predicted molar refractivity (Wildman–Crippen MR) is 80.3 cm³/mol. The van der Waals surface area contributed by atoms with Crippen LogP contribution in [-0.4, -0.2) is 5.91 Å². The van der Waals surface area contributed by atoms with E-state index in [1.54, 1.807) is 32.0 Å². The molecule has 25 heavy (non-hydrogen) atoms. The molecule has 1 amide bonds. The van der Waals surface area contributed by atoms with E-state index in [4.69, 9.17) is 0 Å². The number of halogens is 6. The second kappa shape index (κ2) is 6.42. The molecule has 0 atom stereocenters. The van der Waals surface area contributed by atoms with Gasteiger partial charge in [0.2, 0.25) is 0 Å². The summed E-state index contributed by atoms with van der Waals surface area (Å²) in [5.74, 6) is -1.05. The molecule has 0 saturated carbocycles. The smallest absolute Gasteiger partial charge is 0.322 e. The van der Waals surface area contributed by atoms with Crippen molar-refractivity contribution in [1.82, 2.24) is 0 Å². The van der Waals surface area contributed by atoms with Crippen molar-refractivity contribution < 1.29 is 31.1 Å². The van der Waals surface area contributed by atoms with E-state index in [2.05, 4.69) is 5.32 Å². The Balaban J connectivity index is 2.49. The number of hydrogen-bond donors (Lipinski definition) is 1. The van der Waals surface area contributed by atoms with Crippen molar-refractivity contribution in [3.05, 3.63) is 64.2 Å². The molecule has 134 valence electrons. The Hall–Kier alpha value is -2.51. The van der Waals surface area contributed by atoms with Crippen LogP contribution in [0.5, 0.6) is 0 Å². The highest BCUT2D eigenvalue weighted by molar-refractivity contribution is 6.05. The van der Waals surface area contributed by atoms with Gasteiger partial charge in [0, 0.05) is 11.3 Å². The summed E-state index contributed by atoms with van der Waals surface area (Å²) in [4.78, 5) is 12.2. The molecular weight excluding hydrogens is 348 g/mol. The van der Waals surface area contributed by atoms with Gasteiger partial charge in [-0.05, 0) is 43.2 Å². The van der Waals surface area contributed by atoms with E-state index in [9.17, 15) is 31.1 Å². The summed E-state index contributed by atoms with van der Waals surface area (Å²) in [6.07, 6.45) is -10.0. The minimum atomic E-state index is -5.01. The molecular formula is C17H13F6NO. The molecule has 8 heteroatoms. The molecule has 0 saturated heterocycles. The summed E-state index contributed by atoms with van der Waals surface area (Å²) in [6, 6.07) is 5.82. The van der Waals surface area contributed by atoms with Crippen molar-refractivity contribution in [3.63, 3.8) is 0 Å². The first-order chi connectivity index (χ1) is 11.4. The second-order valence-corrected chi connectivity index (χ2v) is 5.52. The molecule has 0 unspecified atom stereocenters. The number of carbonyl (C=O) groups is 1. The van der Waals surface area contributed by atoms with Crippen LogP contribution in [0, 0.1) is 13.8 Å². The molecule has 0 spiro atoms. The number of carbonyl (C=O) groups excluding carboxylic acids is 1. The van der Waals surface area contributed by atoms with E-state index in [1.807, 2.05) is 0 Å². The number of amides is 1. The zero-order chi connectivity index (χ0) is 19.0. The molecule has 2 rings (SSSR count). The molecule has 0 bridgehead atoms. The Bertz CT molecular complexity index is 755. The highest BCUT2D eigenvalue weighted by Gasteiger charge is 2.37. The van der Waals surface area contributed by atoms with E-state index >= 15 is 0 Å². The first-order valence-corrected chi connectivity index (χ1v) is 7.06. The van der Waals surface area contributed by atoms with E-state index in [1.165, 1.54) is 0 Å². The molecule has 2 aromatic rings. The number of para-hydroxylation sites is 1.